The van der Waals surface area contributed by atoms with E-state index in [1.54, 1.807) is 0 Å². The zero-order chi connectivity index (χ0) is 13.3. The minimum Gasteiger partial charge on any atom is -0.358 e. The van der Waals surface area contributed by atoms with Gasteiger partial charge in [0, 0.05) is 23.8 Å². The number of rotatable bonds is 3. The summed E-state index contributed by atoms with van der Waals surface area (Å²) in [7, 11) is 0. The van der Waals surface area contributed by atoms with Gasteiger partial charge >= 0.3 is 0 Å². The Morgan fingerprint density at radius 3 is 2.61 bits per heavy atom. The van der Waals surface area contributed by atoms with E-state index in [1.807, 2.05) is 0 Å². The van der Waals surface area contributed by atoms with Crippen LogP contribution in [0.3, 0.4) is 0 Å². The van der Waals surface area contributed by atoms with E-state index in [1.165, 1.54) is 16.8 Å². The maximum absolute atomic E-state index is 4.64. The maximum atomic E-state index is 4.64. The highest BCUT2D eigenvalue weighted by atomic mass is 32.1. The fourth-order valence-corrected chi connectivity index (χ4v) is 2.62. The molecular formula is C15H22N2S. The zero-order valence-corrected chi connectivity index (χ0v) is 12.5. The van der Waals surface area contributed by atoms with Crippen molar-refractivity contribution in [3.63, 3.8) is 0 Å². The summed E-state index contributed by atoms with van der Waals surface area (Å²) in [5.74, 6) is 0.685. The SMILES string of the molecule is Cc1cc(C)c(S)c(N2C=CN(CC(C)C)C2)c1. The fraction of sp³-hybridized carbons (Fsp3) is 0.467. The molecule has 0 N–H and O–H groups in total. The topological polar surface area (TPSA) is 6.48 Å². The van der Waals surface area contributed by atoms with E-state index in [-0.39, 0.29) is 0 Å². The average Bonchev–Trinajstić information content (AvgIpc) is 2.70. The third-order valence-corrected chi connectivity index (χ3v) is 3.71. The van der Waals surface area contributed by atoms with E-state index in [9.17, 15) is 0 Å². The Kier molecular flexibility index (Phi) is 3.91. The first-order chi connectivity index (χ1) is 8.47. The van der Waals surface area contributed by atoms with Gasteiger partial charge in [-0.05, 0) is 37.0 Å². The van der Waals surface area contributed by atoms with E-state index in [0.29, 0.717) is 5.92 Å². The predicted molar refractivity (Wildman–Crippen MR) is 81.2 cm³/mol. The van der Waals surface area contributed by atoms with Crippen molar-refractivity contribution in [2.45, 2.75) is 32.6 Å². The average molecular weight is 262 g/mol. The van der Waals surface area contributed by atoms with Gasteiger partial charge in [-0.1, -0.05) is 19.9 Å². The van der Waals surface area contributed by atoms with Gasteiger partial charge in [-0.15, -0.1) is 12.6 Å². The van der Waals surface area contributed by atoms with Crippen LogP contribution >= 0.6 is 12.6 Å². The Hall–Kier alpha value is -1.09. The molecule has 0 atom stereocenters. The molecule has 2 nitrogen and oxygen atoms in total. The molecule has 0 aliphatic carbocycles. The minimum atomic E-state index is 0.685. The summed E-state index contributed by atoms with van der Waals surface area (Å²) >= 11 is 4.64. The number of hydrogen-bond acceptors (Lipinski definition) is 3. The Labute approximate surface area is 116 Å². The first-order valence-electron chi connectivity index (χ1n) is 6.46. The molecular weight excluding hydrogens is 240 g/mol. The maximum Gasteiger partial charge on any atom is 0.0942 e. The van der Waals surface area contributed by atoms with Gasteiger partial charge in [0.15, 0.2) is 0 Å². The van der Waals surface area contributed by atoms with Crippen LogP contribution in [0.1, 0.15) is 25.0 Å². The van der Waals surface area contributed by atoms with Gasteiger partial charge in [0.2, 0.25) is 0 Å². The molecule has 0 bridgehead atoms. The lowest BCUT2D eigenvalue weighted by Gasteiger charge is -2.24. The van der Waals surface area contributed by atoms with Gasteiger partial charge in [-0.25, -0.2) is 0 Å². The smallest absolute Gasteiger partial charge is 0.0942 e. The summed E-state index contributed by atoms with van der Waals surface area (Å²) in [6, 6.07) is 4.38. The van der Waals surface area contributed by atoms with Gasteiger partial charge in [0.05, 0.1) is 12.4 Å². The second-order valence-corrected chi connectivity index (χ2v) is 5.97. The van der Waals surface area contributed by atoms with Crippen LogP contribution < -0.4 is 4.90 Å². The molecule has 1 aliphatic heterocycles. The quantitative estimate of drug-likeness (QED) is 0.828. The largest absolute Gasteiger partial charge is 0.358 e. The second-order valence-electron chi connectivity index (χ2n) is 5.52. The van der Waals surface area contributed by atoms with Gasteiger partial charge in [-0.3, -0.25) is 0 Å². The molecule has 0 saturated carbocycles. The number of nitrogens with zero attached hydrogens (tertiary/aromatic N) is 2. The number of anilines is 1. The normalized spacial score (nSPS) is 15.0. The van der Waals surface area contributed by atoms with Crippen molar-refractivity contribution in [1.82, 2.24) is 4.90 Å². The van der Waals surface area contributed by atoms with Crippen LogP contribution in [0.2, 0.25) is 0 Å². The molecule has 1 aromatic carbocycles. The first-order valence-corrected chi connectivity index (χ1v) is 6.91. The summed E-state index contributed by atoms with van der Waals surface area (Å²) in [5.41, 5.74) is 3.73. The molecule has 0 radical (unpaired) electrons. The highest BCUT2D eigenvalue weighted by Gasteiger charge is 2.17. The lowest BCUT2D eigenvalue weighted by atomic mass is 10.1. The summed E-state index contributed by atoms with van der Waals surface area (Å²) in [6.45, 7) is 10.8. The lowest BCUT2D eigenvalue weighted by molar-refractivity contribution is 0.353. The van der Waals surface area contributed by atoms with Crippen LogP contribution in [-0.2, 0) is 0 Å². The molecule has 1 aromatic rings. The van der Waals surface area contributed by atoms with Crippen molar-refractivity contribution in [2.75, 3.05) is 18.1 Å². The molecule has 0 fully saturated rings. The van der Waals surface area contributed by atoms with E-state index in [2.05, 4.69) is 74.7 Å². The molecule has 98 valence electrons. The standard InChI is InChI=1S/C15H22N2S/c1-11(2)9-16-5-6-17(10-16)14-8-12(3)7-13(4)15(14)18/h5-8,11,18H,9-10H2,1-4H3. The van der Waals surface area contributed by atoms with Crippen molar-refractivity contribution in [3.8, 4) is 0 Å². The summed E-state index contributed by atoms with van der Waals surface area (Å²) in [4.78, 5) is 5.69. The molecule has 1 heterocycles. The van der Waals surface area contributed by atoms with Crippen molar-refractivity contribution in [1.29, 1.82) is 0 Å². The lowest BCUT2D eigenvalue weighted by Crippen LogP contribution is -2.28. The Bertz CT molecular complexity index is 466. The van der Waals surface area contributed by atoms with Crippen LogP contribution in [0.5, 0.6) is 0 Å². The molecule has 18 heavy (non-hydrogen) atoms. The van der Waals surface area contributed by atoms with E-state index in [4.69, 9.17) is 0 Å². The van der Waals surface area contributed by atoms with E-state index in [0.717, 1.165) is 18.1 Å². The number of thiol groups is 1. The summed E-state index contributed by atoms with van der Waals surface area (Å²) in [5, 5.41) is 0. The van der Waals surface area contributed by atoms with Crippen LogP contribution in [0.15, 0.2) is 29.4 Å². The monoisotopic (exact) mass is 262 g/mol. The molecule has 0 amide bonds. The first kappa shape index (κ1) is 13.3. The van der Waals surface area contributed by atoms with Crippen LogP contribution in [0.4, 0.5) is 5.69 Å². The van der Waals surface area contributed by atoms with Crippen LogP contribution in [0, 0.1) is 19.8 Å². The highest BCUT2D eigenvalue weighted by molar-refractivity contribution is 7.80. The van der Waals surface area contributed by atoms with E-state index < -0.39 is 0 Å². The van der Waals surface area contributed by atoms with Crippen molar-refractivity contribution in [3.05, 3.63) is 35.7 Å². The van der Waals surface area contributed by atoms with Crippen LogP contribution in [0.25, 0.3) is 0 Å². The Balaban J connectivity index is 2.18. The molecule has 0 unspecified atom stereocenters. The fourth-order valence-electron chi connectivity index (χ4n) is 2.37. The van der Waals surface area contributed by atoms with Crippen molar-refractivity contribution in [2.24, 2.45) is 5.92 Å². The van der Waals surface area contributed by atoms with E-state index >= 15 is 0 Å². The number of hydrogen-bond donors (Lipinski definition) is 1. The summed E-state index contributed by atoms with van der Waals surface area (Å²) in [6.07, 6.45) is 4.32. The van der Waals surface area contributed by atoms with Crippen molar-refractivity contribution >= 4 is 18.3 Å². The van der Waals surface area contributed by atoms with Crippen LogP contribution in [-0.4, -0.2) is 18.1 Å². The number of benzene rings is 1. The Morgan fingerprint density at radius 1 is 1.22 bits per heavy atom. The third-order valence-electron chi connectivity index (χ3n) is 3.13. The molecule has 0 aromatic heterocycles. The third kappa shape index (κ3) is 2.83. The molecule has 0 saturated heterocycles. The van der Waals surface area contributed by atoms with Gasteiger partial charge in [0.25, 0.3) is 0 Å². The van der Waals surface area contributed by atoms with Gasteiger partial charge < -0.3 is 9.80 Å². The van der Waals surface area contributed by atoms with Gasteiger partial charge in [0.1, 0.15) is 0 Å². The minimum absolute atomic E-state index is 0.685. The van der Waals surface area contributed by atoms with Gasteiger partial charge in [-0.2, -0.15) is 0 Å². The highest BCUT2D eigenvalue weighted by Crippen LogP contribution is 2.31. The molecule has 3 heteroatoms. The number of aryl methyl sites for hydroxylation is 2. The molecule has 0 spiro atoms. The second kappa shape index (κ2) is 5.27. The molecule has 2 rings (SSSR count). The zero-order valence-electron chi connectivity index (χ0n) is 11.6. The summed E-state index contributed by atoms with van der Waals surface area (Å²) < 4.78 is 0. The Morgan fingerprint density at radius 2 is 1.94 bits per heavy atom. The van der Waals surface area contributed by atoms with Crippen molar-refractivity contribution < 1.29 is 0 Å². The predicted octanol–water partition coefficient (Wildman–Crippen LogP) is 3.80. The molecule has 1 aliphatic rings.